The largest absolute Gasteiger partial charge is 0.468 e. The summed E-state index contributed by atoms with van der Waals surface area (Å²) < 4.78 is 56.2. The smallest absolute Gasteiger partial charge is 0.359 e. The standard InChI is InChI=1S/C15H28O10P2/c1-7-22-26(18,23-8-2)11-12(27(19,24-9-3)25-10-4)13(14(16)20-5)15(17)21-6/h11,13H,7-10H2,1-6H3. The molecule has 0 aliphatic carbocycles. The van der Waals surface area contributed by atoms with Gasteiger partial charge in [0.1, 0.15) is 0 Å². The predicted octanol–water partition coefficient (Wildman–Crippen LogP) is 3.32. The molecule has 0 aromatic rings. The van der Waals surface area contributed by atoms with Crippen LogP contribution in [0.2, 0.25) is 0 Å². The summed E-state index contributed by atoms with van der Waals surface area (Å²) in [6.07, 6.45) is 0. The molecule has 0 atom stereocenters. The predicted molar refractivity (Wildman–Crippen MR) is 97.3 cm³/mol. The van der Waals surface area contributed by atoms with Crippen LogP contribution < -0.4 is 0 Å². The molecular weight excluding hydrogens is 402 g/mol. The van der Waals surface area contributed by atoms with Crippen molar-refractivity contribution >= 4 is 27.1 Å². The molecule has 0 N–H and O–H groups in total. The highest BCUT2D eigenvalue weighted by atomic mass is 31.2. The molecule has 12 heteroatoms. The Morgan fingerprint density at radius 2 is 1.15 bits per heavy atom. The Hall–Kier alpha value is -1.02. The first kappa shape index (κ1) is 26.0. The van der Waals surface area contributed by atoms with Gasteiger partial charge in [0.2, 0.25) is 0 Å². The van der Waals surface area contributed by atoms with E-state index in [1.807, 2.05) is 0 Å². The van der Waals surface area contributed by atoms with Gasteiger partial charge in [0.25, 0.3) is 0 Å². The fraction of sp³-hybridized carbons (Fsp3) is 0.733. The monoisotopic (exact) mass is 430 g/mol. The molecule has 0 fully saturated rings. The summed E-state index contributed by atoms with van der Waals surface area (Å²) in [7, 11) is -6.15. The summed E-state index contributed by atoms with van der Waals surface area (Å²) in [6, 6.07) is 0. The Morgan fingerprint density at radius 3 is 1.44 bits per heavy atom. The van der Waals surface area contributed by atoms with Gasteiger partial charge in [-0.3, -0.25) is 18.7 Å². The van der Waals surface area contributed by atoms with Gasteiger partial charge in [-0.15, -0.1) is 0 Å². The fourth-order valence-corrected chi connectivity index (χ4v) is 6.02. The summed E-state index contributed by atoms with van der Waals surface area (Å²) in [5.41, 5.74) is 0. The van der Waals surface area contributed by atoms with Crippen LogP contribution in [-0.4, -0.2) is 52.6 Å². The Labute approximate surface area is 159 Å². The summed E-state index contributed by atoms with van der Waals surface area (Å²) >= 11 is 0. The Morgan fingerprint density at radius 1 is 0.778 bits per heavy atom. The lowest BCUT2D eigenvalue weighted by molar-refractivity contribution is -0.156. The van der Waals surface area contributed by atoms with Crippen molar-refractivity contribution in [1.29, 1.82) is 0 Å². The average molecular weight is 430 g/mol. The lowest BCUT2D eigenvalue weighted by Crippen LogP contribution is -2.29. The van der Waals surface area contributed by atoms with E-state index < -0.39 is 38.4 Å². The van der Waals surface area contributed by atoms with E-state index in [0.717, 1.165) is 20.0 Å². The van der Waals surface area contributed by atoms with E-state index in [2.05, 4.69) is 9.47 Å². The molecule has 0 spiro atoms. The molecule has 0 aromatic carbocycles. The van der Waals surface area contributed by atoms with Gasteiger partial charge in [0, 0.05) is 5.82 Å². The number of rotatable bonds is 13. The minimum Gasteiger partial charge on any atom is -0.468 e. The molecule has 0 amide bonds. The first-order valence-electron chi connectivity index (χ1n) is 8.35. The molecule has 0 radical (unpaired) electrons. The normalized spacial score (nSPS) is 12.9. The number of methoxy groups -OCH3 is 2. The maximum absolute atomic E-state index is 13.3. The number of hydrogen-bond donors (Lipinski definition) is 0. The van der Waals surface area contributed by atoms with E-state index in [1.54, 1.807) is 27.7 Å². The van der Waals surface area contributed by atoms with Crippen LogP contribution in [0.5, 0.6) is 0 Å². The van der Waals surface area contributed by atoms with Gasteiger partial charge in [0.05, 0.1) is 46.0 Å². The van der Waals surface area contributed by atoms with E-state index in [1.165, 1.54) is 0 Å². The number of carbonyl (C=O) groups excluding carboxylic acids is 2. The number of carbonyl (C=O) groups is 2. The molecule has 0 rings (SSSR count). The number of esters is 2. The molecular formula is C15H28O10P2. The van der Waals surface area contributed by atoms with E-state index in [9.17, 15) is 18.7 Å². The molecule has 0 heterocycles. The SMILES string of the molecule is CCOP(=O)(C=C(C(C(=O)OC)C(=O)OC)P(=O)(OCC)OCC)OCC. The zero-order valence-corrected chi connectivity index (χ0v) is 18.2. The van der Waals surface area contributed by atoms with Crippen LogP contribution in [0.4, 0.5) is 0 Å². The van der Waals surface area contributed by atoms with Crippen LogP contribution in [0, 0.1) is 5.92 Å². The Balaban J connectivity index is 6.73. The van der Waals surface area contributed by atoms with E-state index in [4.69, 9.17) is 18.1 Å². The van der Waals surface area contributed by atoms with Gasteiger partial charge >= 0.3 is 27.1 Å². The summed E-state index contributed by atoms with van der Waals surface area (Å²) in [5, 5.41) is -0.518. The highest BCUT2D eigenvalue weighted by Gasteiger charge is 2.46. The quantitative estimate of drug-likeness (QED) is 0.244. The first-order valence-corrected chi connectivity index (χ1v) is 11.5. The van der Waals surface area contributed by atoms with Crippen LogP contribution in [0.25, 0.3) is 0 Å². The van der Waals surface area contributed by atoms with Gasteiger partial charge in [-0.25, -0.2) is 0 Å². The zero-order valence-electron chi connectivity index (χ0n) is 16.5. The topological polar surface area (TPSA) is 124 Å². The summed E-state index contributed by atoms with van der Waals surface area (Å²) in [4.78, 5) is 24.5. The van der Waals surface area contributed by atoms with Crippen molar-refractivity contribution < 1.29 is 46.3 Å². The summed E-state index contributed by atoms with van der Waals surface area (Å²) in [5.74, 6) is -3.19. The Bertz CT molecular complexity index is 580. The number of ether oxygens (including phenoxy) is 2. The Kier molecular flexibility index (Phi) is 12.0. The molecule has 0 unspecified atom stereocenters. The van der Waals surface area contributed by atoms with Gasteiger partial charge in [0.15, 0.2) is 5.92 Å². The van der Waals surface area contributed by atoms with E-state index in [-0.39, 0.29) is 26.4 Å². The third-order valence-electron chi connectivity index (χ3n) is 2.99. The highest BCUT2D eigenvalue weighted by Crippen LogP contribution is 2.63. The average Bonchev–Trinajstić information content (AvgIpc) is 2.61. The maximum Gasteiger partial charge on any atom is 0.359 e. The third kappa shape index (κ3) is 7.49. The molecule has 10 nitrogen and oxygen atoms in total. The van der Waals surface area contributed by atoms with E-state index >= 15 is 0 Å². The van der Waals surface area contributed by atoms with Crippen LogP contribution in [0.3, 0.4) is 0 Å². The van der Waals surface area contributed by atoms with E-state index in [0.29, 0.717) is 0 Å². The fourth-order valence-electron chi connectivity index (χ4n) is 2.04. The molecule has 0 aliphatic rings. The third-order valence-corrected chi connectivity index (χ3v) is 7.24. The van der Waals surface area contributed by atoms with Crippen molar-refractivity contribution in [3.63, 3.8) is 0 Å². The van der Waals surface area contributed by atoms with Gasteiger partial charge in [-0.2, -0.15) is 0 Å². The van der Waals surface area contributed by atoms with Gasteiger partial charge < -0.3 is 27.6 Å². The van der Waals surface area contributed by atoms with Crippen molar-refractivity contribution in [2.45, 2.75) is 27.7 Å². The second kappa shape index (κ2) is 12.4. The molecule has 0 aliphatic heterocycles. The van der Waals surface area contributed by atoms with Crippen molar-refractivity contribution in [3.8, 4) is 0 Å². The maximum atomic E-state index is 13.3. The van der Waals surface area contributed by atoms with Crippen molar-refractivity contribution in [1.82, 2.24) is 0 Å². The van der Waals surface area contributed by atoms with Crippen LogP contribution in [0.15, 0.2) is 11.1 Å². The summed E-state index contributed by atoms with van der Waals surface area (Å²) in [6.45, 7) is 6.07. The molecule has 0 saturated carbocycles. The minimum atomic E-state index is -4.24. The minimum absolute atomic E-state index is 0.00422. The van der Waals surface area contributed by atoms with Crippen LogP contribution in [-0.2, 0) is 46.3 Å². The first-order chi connectivity index (χ1) is 12.7. The van der Waals surface area contributed by atoms with Crippen LogP contribution >= 0.6 is 15.2 Å². The molecule has 27 heavy (non-hydrogen) atoms. The van der Waals surface area contributed by atoms with Gasteiger partial charge in [-0.1, -0.05) is 0 Å². The second-order valence-electron chi connectivity index (χ2n) is 4.74. The molecule has 158 valence electrons. The lowest BCUT2D eigenvalue weighted by atomic mass is 10.1. The van der Waals surface area contributed by atoms with Crippen molar-refractivity contribution in [3.05, 3.63) is 11.1 Å². The van der Waals surface area contributed by atoms with Gasteiger partial charge in [-0.05, 0) is 27.7 Å². The molecule has 0 aromatic heterocycles. The van der Waals surface area contributed by atoms with Crippen LogP contribution in [0.1, 0.15) is 27.7 Å². The highest BCUT2D eigenvalue weighted by molar-refractivity contribution is 7.62. The molecule has 0 bridgehead atoms. The number of hydrogen-bond acceptors (Lipinski definition) is 10. The van der Waals surface area contributed by atoms with Crippen molar-refractivity contribution in [2.75, 3.05) is 40.6 Å². The molecule has 0 saturated heterocycles. The zero-order chi connectivity index (χ0) is 21.1. The van der Waals surface area contributed by atoms with Crippen molar-refractivity contribution in [2.24, 2.45) is 5.92 Å². The lowest BCUT2D eigenvalue weighted by Gasteiger charge is -2.25. The second-order valence-corrected chi connectivity index (χ2v) is 8.62.